The predicted molar refractivity (Wildman–Crippen MR) is 136 cm³/mol. The first-order valence-corrected chi connectivity index (χ1v) is 10.6. The highest BCUT2D eigenvalue weighted by molar-refractivity contribution is 14.0. The Kier molecular flexibility index (Phi) is 10.4. The summed E-state index contributed by atoms with van der Waals surface area (Å²) in [5, 5.41) is 6.97. The topological polar surface area (TPSA) is 48.9 Å². The number of rotatable bonds is 7. The molecule has 0 radical (unpaired) electrons. The van der Waals surface area contributed by atoms with Crippen molar-refractivity contribution >= 4 is 29.9 Å². The number of hydrogen-bond donors (Lipinski definition) is 2. The molecule has 0 bridgehead atoms. The van der Waals surface area contributed by atoms with Gasteiger partial charge >= 0.3 is 0 Å². The number of halogens is 1. The second-order valence-electron chi connectivity index (χ2n) is 7.66. The SMILES string of the molecule is CCNC(=NCc1ccccc1)NCC1CCCN(C)C1c1ccc(OC)cc1.I. The summed E-state index contributed by atoms with van der Waals surface area (Å²) in [7, 11) is 3.95. The molecule has 5 nitrogen and oxygen atoms in total. The molecule has 3 rings (SSSR count). The Morgan fingerprint density at radius 1 is 1.10 bits per heavy atom. The molecule has 0 aromatic heterocycles. The Hall–Kier alpha value is -1.80. The predicted octanol–water partition coefficient (Wildman–Crippen LogP) is 4.45. The van der Waals surface area contributed by atoms with E-state index in [2.05, 4.69) is 78.0 Å². The molecule has 2 N–H and O–H groups in total. The van der Waals surface area contributed by atoms with Crippen LogP contribution >= 0.6 is 24.0 Å². The van der Waals surface area contributed by atoms with Gasteiger partial charge in [0.1, 0.15) is 5.75 Å². The van der Waals surface area contributed by atoms with Crippen molar-refractivity contribution in [2.45, 2.75) is 32.4 Å². The molecule has 0 saturated carbocycles. The molecule has 1 fully saturated rings. The molecule has 2 aromatic rings. The minimum atomic E-state index is 0. The zero-order valence-electron chi connectivity index (χ0n) is 18.3. The third-order valence-corrected chi connectivity index (χ3v) is 5.60. The fourth-order valence-electron chi connectivity index (χ4n) is 4.12. The standard InChI is InChI=1S/C24H34N4O.HI/c1-4-25-24(26-17-19-9-6-5-7-10-19)27-18-21-11-8-16-28(2)23(21)20-12-14-22(29-3)15-13-20;/h5-7,9-10,12-15,21,23H,4,8,11,16-18H2,1-3H3,(H2,25,26,27);1H. The molecule has 1 aliphatic heterocycles. The van der Waals surface area contributed by atoms with Gasteiger partial charge in [0.15, 0.2) is 5.96 Å². The number of piperidine rings is 1. The maximum absolute atomic E-state index is 5.33. The Bertz CT molecular complexity index is 767. The van der Waals surface area contributed by atoms with Crippen LogP contribution in [0.25, 0.3) is 0 Å². The van der Waals surface area contributed by atoms with Crippen molar-refractivity contribution in [3.63, 3.8) is 0 Å². The fourth-order valence-corrected chi connectivity index (χ4v) is 4.12. The zero-order valence-corrected chi connectivity index (χ0v) is 20.6. The van der Waals surface area contributed by atoms with Crippen molar-refractivity contribution in [1.82, 2.24) is 15.5 Å². The van der Waals surface area contributed by atoms with Gasteiger partial charge in [0, 0.05) is 19.1 Å². The van der Waals surface area contributed by atoms with E-state index >= 15 is 0 Å². The lowest BCUT2D eigenvalue weighted by molar-refractivity contribution is 0.122. The van der Waals surface area contributed by atoms with Gasteiger partial charge in [-0.2, -0.15) is 0 Å². The highest BCUT2D eigenvalue weighted by atomic mass is 127. The largest absolute Gasteiger partial charge is 0.497 e. The highest BCUT2D eigenvalue weighted by Crippen LogP contribution is 2.35. The highest BCUT2D eigenvalue weighted by Gasteiger charge is 2.30. The molecule has 164 valence electrons. The summed E-state index contributed by atoms with van der Waals surface area (Å²) in [6.45, 7) is 5.68. The number of likely N-dealkylation sites (tertiary alicyclic amines) is 1. The van der Waals surface area contributed by atoms with Crippen LogP contribution in [0.15, 0.2) is 59.6 Å². The number of methoxy groups -OCH3 is 1. The summed E-state index contributed by atoms with van der Waals surface area (Å²) >= 11 is 0. The van der Waals surface area contributed by atoms with Gasteiger partial charge in [0.25, 0.3) is 0 Å². The fraction of sp³-hybridized carbons (Fsp3) is 0.458. The van der Waals surface area contributed by atoms with E-state index in [1.807, 2.05) is 6.07 Å². The minimum Gasteiger partial charge on any atom is -0.497 e. The number of nitrogens with zero attached hydrogens (tertiary/aromatic N) is 2. The first-order valence-electron chi connectivity index (χ1n) is 10.6. The van der Waals surface area contributed by atoms with Gasteiger partial charge in [0.2, 0.25) is 0 Å². The first-order chi connectivity index (χ1) is 14.2. The summed E-state index contributed by atoms with van der Waals surface area (Å²) in [5.41, 5.74) is 2.57. The van der Waals surface area contributed by atoms with Crippen LogP contribution < -0.4 is 15.4 Å². The van der Waals surface area contributed by atoms with E-state index in [0.717, 1.165) is 31.3 Å². The third kappa shape index (κ3) is 6.87. The summed E-state index contributed by atoms with van der Waals surface area (Å²) in [6.07, 6.45) is 2.44. The average Bonchev–Trinajstić information content (AvgIpc) is 2.76. The molecule has 2 aromatic carbocycles. The molecule has 0 amide bonds. The van der Waals surface area contributed by atoms with Crippen molar-refractivity contribution in [3.05, 3.63) is 65.7 Å². The van der Waals surface area contributed by atoms with Crippen molar-refractivity contribution in [3.8, 4) is 5.75 Å². The van der Waals surface area contributed by atoms with Crippen LogP contribution in [0.3, 0.4) is 0 Å². The van der Waals surface area contributed by atoms with Gasteiger partial charge < -0.3 is 15.4 Å². The maximum atomic E-state index is 5.33. The van der Waals surface area contributed by atoms with E-state index in [1.54, 1.807) is 7.11 Å². The van der Waals surface area contributed by atoms with Gasteiger partial charge in [-0.3, -0.25) is 4.90 Å². The van der Waals surface area contributed by atoms with Gasteiger partial charge in [-0.15, -0.1) is 24.0 Å². The maximum Gasteiger partial charge on any atom is 0.191 e. The van der Waals surface area contributed by atoms with E-state index in [9.17, 15) is 0 Å². The third-order valence-electron chi connectivity index (χ3n) is 5.60. The van der Waals surface area contributed by atoms with Crippen molar-refractivity contribution < 1.29 is 4.74 Å². The molecular formula is C24H35IN4O. The van der Waals surface area contributed by atoms with E-state index in [0.29, 0.717) is 18.5 Å². The van der Waals surface area contributed by atoms with Crippen LogP contribution in [0.2, 0.25) is 0 Å². The Morgan fingerprint density at radius 3 is 2.50 bits per heavy atom. The second-order valence-corrected chi connectivity index (χ2v) is 7.66. The van der Waals surface area contributed by atoms with Crippen molar-refractivity contribution in [2.24, 2.45) is 10.9 Å². The summed E-state index contributed by atoms with van der Waals surface area (Å²) in [5.74, 6) is 2.32. The van der Waals surface area contributed by atoms with E-state index in [-0.39, 0.29) is 24.0 Å². The number of hydrogen-bond acceptors (Lipinski definition) is 3. The van der Waals surface area contributed by atoms with Crippen LogP contribution in [0.4, 0.5) is 0 Å². The van der Waals surface area contributed by atoms with E-state index in [1.165, 1.54) is 24.0 Å². The van der Waals surface area contributed by atoms with Gasteiger partial charge in [-0.25, -0.2) is 4.99 Å². The van der Waals surface area contributed by atoms with Crippen molar-refractivity contribution in [1.29, 1.82) is 0 Å². The summed E-state index contributed by atoms with van der Waals surface area (Å²) in [6, 6.07) is 19.3. The monoisotopic (exact) mass is 522 g/mol. The number of ether oxygens (including phenoxy) is 1. The van der Waals surface area contributed by atoms with Crippen LogP contribution in [-0.4, -0.2) is 44.7 Å². The molecule has 30 heavy (non-hydrogen) atoms. The Morgan fingerprint density at radius 2 is 1.83 bits per heavy atom. The molecular weight excluding hydrogens is 487 g/mol. The molecule has 6 heteroatoms. The lowest BCUT2D eigenvalue weighted by Crippen LogP contribution is -2.45. The average molecular weight is 522 g/mol. The molecule has 1 aliphatic rings. The van der Waals surface area contributed by atoms with Gasteiger partial charge in [-0.1, -0.05) is 42.5 Å². The second kappa shape index (κ2) is 12.8. The number of nitrogens with one attached hydrogen (secondary N) is 2. The smallest absolute Gasteiger partial charge is 0.191 e. The molecule has 2 unspecified atom stereocenters. The molecule has 1 heterocycles. The molecule has 2 atom stereocenters. The van der Waals surface area contributed by atoms with Gasteiger partial charge in [-0.05, 0) is 62.5 Å². The normalized spacial score (nSPS) is 19.6. The Balaban J connectivity index is 0.00000320. The number of guanidine groups is 1. The van der Waals surface area contributed by atoms with E-state index < -0.39 is 0 Å². The lowest BCUT2D eigenvalue weighted by Gasteiger charge is -2.40. The lowest BCUT2D eigenvalue weighted by atomic mass is 9.85. The molecule has 1 saturated heterocycles. The minimum absolute atomic E-state index is 0. The Labute approximate surface area is 198 Å². The quantitative estimate of drug-likeness (QED) is 0.321. The number of benzene rings is 2. The zero-order chi connectivity index (χ0) is 20.5. The van der Waals surface area contributed by atoms with E-state index in [4.69, 9.17) is 9.73 Å². The molecule has 0 aliphatic carbocycles. The summed E-state index contributed by atoms with van der Waals surface area (Å²) < 4.78 is 5.33. The van der Waals surface area contributed by atoms with Crippen LogP contribution in [0.1, 0.15) is 36.9 Å². The first kappa shape index (κ1) is 24.5. The molecule has 0 spiro atoms. The van der Waals surface area contributed by atoms with Crippen molar-refractivity contribution in [2.75, 3.05) is 33.8 Å². The van der Waals surface area contributed by atoms with Crippen LogP contribution in [-0.2, 0) is 6.54 Å². The van der Waals surface area contributed by atoms with Crippen LogP contribution in [0, 0.1) is 5.92 Å². The van der Waals surface area contributed by atoms with Crippen LogP contribution in [0.5, 0.6) is 5.75 Å². The number of aliphatic imine (C=N–C) groups is 1. The summed E-state index contributed by atoms with van der Waals surface area (Å²) in [4.78, 5) is 7.25. The van der Waals surface area contributed by atoms with Gasteiger partial charge in [0.05, 0.1) is 13.7 Å².